The standard InChI is InChI=1S/C12H10Cl2N2O3/c1-5-10(17)9(12(19)16(2)15-5)8-6(13)3-4-7(14)11(8)18/h3-4,9,18H,1-2H3. The number of phenols is 1. The van der Waals surface area contributed by atoms with Gasteiger partial charge in [0.1, 0.15) is 17.4 Å². The Balaban J connectivity index is 2.65. The molecule has 1 aliphatic rings. The quantitative estimate of drug-likeness (QED) is 0.808. The molecule has 7 heteroatoms. The topological polar surface area (TPSA) is 70.0 Å². The van der Waals surface area contributed by atoms with Gasteiger partial charge in [-0.3, -0.25) is 9.59 Å². The Morgan fingerprint density at radius 3 is 2.47 bits per heavy atom. The second kappa shape index (κ2) is 4.83. The number of benzene rings is 1. The number of carbonyl (C=O) groups is 2. The van der Waals surface area contributed by atoms with E-state index in [1.807, 2.05) is 0 Å². The Kier molecular flexibility index (Phi) is 3.52. The van der Waals surface area contributed by atoms with Gasteiger partial charge in [-0.2, -0.15) is 5.10 Å². The van der Waals surface area contributed by atoms with Crippen molar-refractivity contribution in [1.29, 1.82) is 0 Å². The number of aromatic hydroxyl groups is 1. The molecule has 1 N–H and O–H groups in total. The zero-order chi connectivity index (χ0) is 14.3. The van der Waals surface area contributed by atoms with Crippen molar-refractivity contribution in [2.75, 3.05) is 7.05 Å². The highest BCUT2D eigenvalue weighted by Gasteiger charge is 2.39. The molecule has 1 atom stereocenters. The van der Waals surface area contributed by atoms with Gasteiger partial charge in [-0.1, -0.05) is 23.2 Å². The van der Waals surface area contributed by atoms with Crippen LogP contribution in [0.2, 0.25) is 10.0 Å². The molecular formula is C12H10Cl2N2O3. The predicted octanol–water partition coefficient (Wildman–Crippen LogP) is 2.20. The maximum Gasteiger partial charge on any atom is 0.258 e. The predicted molar refractivity (Wildman–Crippen MR) is 71.8 cm³/mol. The van der Waals surface area contributed by atoms with E-state index in [-0.39, 0.29) is 27.1 Å². The molecule has 1 unspecified atom stereocenters. The van der Waals surface area contributed by atoms with Crippen LogP contribution in [0.4, 0.5) is 0 Å². The molecule has 0 fully saturated rings. The number of hydrazone groups is 1. The van der Waals surface area contributed by atoms with Gasteiger partial charge in [0.15, 0.2) is 5.78 Å². The lowest BCUT2D eigenvalue weighted by atomic mass is 9.89. The molecule has 1 aliphatic heterocycles. The third kappa shape index (κ3) is 2.19. The fourth-order valence-electron chi connectivity index (χ4n) is 1.92. The number of Topliss-reactive ketones (excluding diaryl/α,β-unsaturated/α-hetero) is 1. The summed E-state index contributed by atoms with van der Waals surface area (Å²) in [5.41, 5.74) is 0.188. The molecule has 0 bridgehead atoms. The van der Waals surface area contributed by atoms with Crippen LogP contribution < -0.4 is 0 Å². The number of likely N-dealkylation sites (N-methyl/N-ethyl adjacent to an activating group) is 1. The average molecular weight is 301 g/mol. The summed E-state index contributed by atoms with van der Waals surface area (Å²) in [6, 6.07) is 2.83. The van der Waals surface area contributed by atoms with Crippen molar-refractivity contribution in [2.24, 2.45) is 5.10 Å². The fourth-order valence-corrected chi connectivity index (χ4v) is 2.34. The molecule has 0 spiro atoms. The molecule has 2 rings (SSSR count). The number of hydrogen-bond acceptors (Lipinski definition) is 4. The lowest BCUT2D eigenvalue weighted by Gasteiger charge is -2.26. The van der Waals surface area contributed by atoms with Gasteiger partial charge in [0, 0.05) is 17.6 Å². The molecular weight excluding hydrogens is 291 g/mol. The summed E-state index contributed by atoms with van der Waals surface area (Å²) in [6.07, 6.45) is 0. The minimum atomic E-state index is -1.21. The zero-order valence-electron chi connectivity index (χ0n) is 10.1. The molecule has 1 aromatic carbocycles. The first-order chi connectivity index (χ1) is 8.84. The average Bonchev–Trinajstić information content (AvgIpc) is 2.36. The van der Waals surface area contributed by atoms with Crippen LogP contribution >= 0.6 is 23.2 Å². The van der Waals surface area contributed by atoms with E-state index >= 15 is 0 Å². The third-order valence-corrected chi connectivity index (χ3v) is 3.52. The second-order valence-electron chi connectivity index (χ2n) is 4.14. The van der Waals surface area contributed by atoms with E-state index in [4.69, 9.17) is 23.2 Å². The highest BCUT2D eigenvalue weighted by atomic mass is 35.5. The van der Waals surface area contributed by atoms with Crippen LogP contribution in [0, 0.1) is 0 Å². The first-order valence-electron chi connectivity index (χ1n) is 5.38. The van der Waals surface area contributed by atoms with Crippen LogP contribution in [0.25, 0.3) is 0 Å². The van der Waals surface area contributed by atoms with E-state index in [0.29, 0.717) is 0 Å². The van der Waals surface area contributed by atoms with Gasteiger partial charge in [0.25, 0.3) is 5.91 Å². The fraction of sp³-hybridized carbons (Fsp3) is 0.250. The second-order valence-corrected chi connectivity index (χ2v) is 4.95. The van der Waals surface area contributed by atoms with Crippen molar-refractivity contribution in [3.63, 3.8) is 0 Å². The van der Waals surface area contributed by atoms with Crippen LogP contribution in [0.1, 0.15) is 18.4 Å². The zero-order valence-corrected chi connectivity index (χ0v) is 11.7. The van der Waals surface area contributed by atoms with Crippen molar-refractivity contribution < 1.29 is 14.7 Å². The van der Waals surface area contributed by atoms with E-state index in [9.17, 15) is 14.7 Å². The van der Waals surface area contributed by atoms with Crippen molar-refractivity contribution in [3.05, 3.63) is 27.7 Å². The minimum absolute atomic E-state index is 0.0188. The molecule has 0 radical (unpaired) electrons. The number of phenolic OH excluding ortho intramolecular Hbond substituents is 1. The van der Waals surface area contributed by atoms with E-state index in [1.165, 1.54) is 26.1 Å². The summed E-state index contributed by atoms with van der Waals surface area (Å²) in [7, 11) is 1.43. The molecule has 0 aromatic heterocycles. The first kappa shape index (κ1) is 13.8. The molecule has 0 aliphatic carbocycles. The molecule has 100 valence electrons. The Bertz CT molecular complexity index is 613. The van der Waals surface area contributed by atoms with E-state index in [0.717, 1.165) is 5.01 Å². The Morgan fingerprint density at radius 2 is 1.84 bits per heavy atom. The summed E-state index contributed by atoms with van der Waals surface area (Å²) in [4.78, 5) is 24.2. The van der Waals surface area contributed by atoms with Crippen molar-refractivity contribution in [2.45, 2.75) is 12.8 Å². The number of halogens is 2. The number of carbonyl (C=O) groups excluding carboxylic acids is 2. The molecule has 19 heavy (non-hydrogen) atoms. The SMILES string of the molecule is CC1=NN(C)C(=O)C(c2c(Cl)ccc(Cl)c2O)C1=O. The van der Waals surface area contributed by atoms with Gasteiger partial charge in [0.2, 0.25) is 0 Å². The maximum atomic E-state index is 12.1. The highest BCUT2D eigenvalue weighted by molar-refractivity contribution is 6.46. The lowest BCUT2D eigenvalue weighted by molar-refractivity contribution is -0.136. The third-order valence-electron chi connectivity index (χ3n) is 2.89. The lowest BCUT2D eigenvalue weighted by Crippen LogP contribution is -2.41. The van der Waals surface area contributed by atoms with E-state index < -0.39 is 17.6 Å². The van der Waals surface area contributed by atoms with Crippen molar-refractivity contribution >= 4 is 40.6 Å². The molecule has 1 aromatic rings. The maximum absolute atomic E-state index is 12.1. The van der Waals surface area contributed by atoms with Crippen LogP contribution in [-0.2, 0) is 9.59 Å². The van der Waals surface area contributed by atoms with Gasteiger partial charge in [-0.25, -0.2) is 5.01 Å². The Hall–Kier alpha value is -1.59. The first-order valence-corrected chi connectivity index (χ1v) is 6.14. The molecule has 0 saturated heterocycles. The molecule has 5 nitrogen and oxygen atoms in total. The monoisotopic (exact) mass is 300 g/mol. The summed E-state index contributed by atoms with van der Waals surface area (Å²) in [6.45, 7) is 1.49. The molecule has 1 amide bonds. The molecule has 0 saturated carbocycles. The van der Waals surface area contributed by atoms with Gasteiger partial charge in [0.05, 0.1) is 5.02 Å². The smallest absolute Gasteiger partial charge is 0.258 e. The van der Waals surface area contributed by atoms with Crippen molar-refractivity contribution in [1.82, 2.24) is 5.01 Å². The van der Waals surface area contributed by atoms with Gasteiger partial charge >= 0.3 is 0 Å². The largest absolute Gasteiger partial charge is 0.506 e. The summed E-state index contributed by atoms with van der Waals surface area (Å²) in [5.74, 6) is -2.63. The van der Waals surface area contributed by atoms with Crippen LogP contribution in [-0.4, -0.2) is 34.6 Å². The van der Waals surface area contributed by atoms with Crippen molar-refractivity contribution in [3.8, 4) is 5.75 Å². The number of ketones is 1. The number of nitrogens with zero attached hydrogens (tertiary/aromatic N) is 2. The van der Waals surface area contributed by atoms with Gasteiger partial charge in [-0.05, 0) is 19.1 Å². The normalized spacial score (nSPS) is 19.7. The van der Waals surface area contributed by atoms with E-state index in [2.05, 4.69) is 5.10 Å². The Morgan fingerprint density at radius 1 is 1.26 bits per heavy atom. The van der Waals surface area contributed by atoms with Crippen LogP contribution in [0.15, 0.2) is 17.2 Å². The highest BCUT2D eigenvalue weighted by Crippen LogP contribution is 2.40. The van der Waals surface area contributed by atoms with Crippen LogP contribution in [0.3, 0.4) is 0 Å². The summed E-state index contributed by atoms with van der Waals surface area (Å²) < 4.78 is 0. The minimum Gasteiger partial charge on any atom is -0.506 e. The number of rotatable bonds is 1. The summed E-state index contributed by atoms with van der Waals surface area (Å²) >= 11 is 11.8. The van der Waals surface area contributed by atoms with Gasteiger partial charge in [-0.15, -0.1) is 0 Å². The Labute approximate surface area is 119 Å². The number of hydrogen-bond donors (Lipinski definition) is 1. The van der Waals surface area contributed by atoms with E-state index in [1.54, 1.807) is 0 Å². The molecule has 1 heterocycles. The van der Waals surface area contributed by atoms with Crippen LogP contribution in [0.5, 0.6) is 5.75 Å². The summed E-state index contributed by atoms with van der Waals surface area (Å²) in [5, 5.41) is 14.9. The number of amides is 1. The van der Waals surface area contributed by atoms with Gasteiger partial charge < -0.3 is 5.11 Å².